The smallest absolute Gasteiger partial charge is 0.236 e. The third-order valence-corrected chi connectivity index (χ3v) is 3.54. The molecule has 1 heterocycles. The molecular formula is C17H25N2+. The van der Waals surface area contributed by atoms with Crippen molar-refractivity contribution >= 4 is 0 Å². The fourth-order valence-electron chi connectivity index (χ4n) is 2.29. The second kappa shape index (κ2) is 7.13. The van der Waals surface area contributed by atoms with Gasteiger partial charge in [0.25, 0.3) is 0 Å². The van der Waals surface area contributed by atoms with Gasteiger partial charge in [0.1, 0.15) is 18.1 Å². The van der Waals surface area contributed by atoms with Crippen molar-refractivity contribution in [2.45, 2.75) is 52.5 Å². The molecule has 2 rings (SSSR count). The van der Waals surface area contributed by atoms with E-state index in [-0.39, 0.29) is 0 Å². The number of imidazole rings is 1. The van der Waals surface area contributed by atoms with Crippen LogP contribution in [0, 0.1) is 6.92 Å². The Balaban J connectivity index is 1.86. The van der Waals surface area contributed by atoms with Gasteiger partial charge in [0, 0.05) is 0 Å². The monoisotopic (exact) mass is 257 g/mol. The Labute approximate surface area is 116 Å². The normalized spacial score (nSPS) is 10.8. The summed E-state index contributed by atoms with van der Waals surface area (Å²) in [6.07, 6.45) is 13.2. The van der Waals surface area contributed by atoms with E-state index >= 15 is 0 Å². The Morgan fingerprint density at radius 2 is 1.74 bits per heavy atom. The molecule has 0 amide bonds. The first-order chi connectivity index (χ1) is 9.29. The maximum atomic E-state index is 2.28. The molecule has 0 atom stereocenters. The molecule has 1 aromatic heterocycles. The molecule has 102 valence electrons. The number of hydrogen-bond donors (Lipinski definition) is 0. The van der Waals surface area contributed by atoms with E-state index < -0.39 is 0 Å². The number of rotatable bonds is 7. The van der Waals surface area contributed by atoms with Crippen molar-refractivity contribution in [3.8, 4) is 5.69 Å². The number of hydrogen-bond acceptors (Lipinski definition) is 0. The summed E-state index contributed by atoms with van der Waals surface area (Å²) in [4.78, 5) is 0. The van der Waals surface area contributed by atoms with Gasteiger partial charge in [-0.2, -0.15) is 0 Å². The lowest BCUT2D eigenvalue weighted by molar-refractivity contribution is -0.696. The fraction of sp³-hybridized carbons (Fsp3) is 0.471. The molecule has 0 N–H and O–H groups in total. The summed E-state index contributed by atoms with van der Waals surface area (Å²) >= 11 is 0. The number of aromatic nitrogens is 2. The van der Waals surface area contributed by atoms with Gasteiger partial charge in [-0.05, 0) is 31.9 Å². The molecule has 2 heteroatoms. The van der Waals surface area contributed by atoms with E-state index in [0.29, 0.717) is 0 Å². The zero-order valence-electron chi connectivity index (χ0n) is 12.2. The van der Waals surface area contributed by atoms with E-state index in [1.807, 2.05) is 0 Å². The van der Waals surface area contributed by atoms with Crippen LogP contribution in [0.5, 0.6) is 0 Å². The molecule has 0 fully saturated rings. The molecule has 2 aromatic rings. The lowest BCUT2D eigenvalue weighted by atomic mass is 10.1. The first kappa shape index (κ1) is 13.9. The quantitative estimate of drug-likeness (QED) is 0.523. The standard InChI is InChI=1S/C17H25N2/c1-3-4-5-6-7-12-18-13-14-19(15-18)17-10-8-16(2)9-11-17/h8-11,13-15H,3-7,12H2,1-2H3/q+1. The molecular weight excluding hydrogens is 232 g/mol. The Morgan fingerprint density at radius 1 is 1.00 bits per heavy atom. The molecule has 0 aliphatic carbocycles. The molecule has 1 aromatic carbocycles. The summed E-state index contributed by atoms with van der Waals surface area (Å²) in [6.45, 7) is 5.51. The van der Waals surface area contributed by atoms with Crippen molar-refractivity contribution in [1.29, 1.82) is 0 Å². The summed E-state index contributed by atoms with van der Waals surface area (Å²) in [5, 5.41) is 0. The van der Waals surface area contributed by atoms with Gasteiger partial charge >= 0.3 is 0 Å². The van der Waals surface area contributed by atoms with E-state index in [4.69, 9.17) is 0 Å². The van der Waals surface area contributed by atoms with Gasteiger partial charge in [-0.3, -0.25) is 0 Å². The maximum Gasteiger partial charge on any atom is 0.248 e. The summed E-state index contributed by atoms with van der Waals surface area (Å²) in [5.41, 5.74) is 2.54. The molecule has 0 radical (unpaired) electrons. The van der Waals surface area contributed by atoms with Crippen LogP contribution in [0.25, 0.3) is 5.69 Å². The van der Waals surface area contributed by atoms with Crippen molar-refractivity contribution in [2.24, 2.45) is 0 Å². The second-order valence-corrected chi connectivity index (χ2v) is 5.31. The number of nitrogens with zero attached hydrogens (tertiary/aromatic N) is 2. The van der Waals surface area contributed by atoms with Crippen LogP contribution in [-0.4, -0.2) is 4.57 Å². The Kier molecular flexibility index (Phi) is 5.20. The molecule has 2 nitrogen and oxygen atoms in total. The summed E-state index contributed by atoms with van der Waals surface area (Å²) in [6, 6.07) is 8.65. The van der Waals surface area contributed by atoms with Crippen LogP contribution in [0.2, 0.25) is 0 Å². The van der Waals surface area contributed by atoms with Gasteiger partial charge in [-0.15, -0.1) is 0 Å². The van der Waals surface area contributed by atoms with Crippen molar-refractivity contribution in [2.75, 3.05) is 0 Å². The largest absolute Gasteiger partial charge is 0.248 e. The minimum absolute atomic E-state index is 1.13. The van der Waals surface area contributed by atoms with Crippen LogP contribution >= 0.6 is 0 Å². The van der Waals surface area contributed by atoms with Gasteiger partial charge in [-0.25, -0.2) is 9.13 Å². The first-order valence-corrected chi connectivity index (χ1v) is 7.43. The van der Waals surface area contributed by atoms with Crippen LogP contribution in [0.3, 0.4) is 0 Å². The third-order valence-electron chi connectivity index (χ3n) is 3.54. The average molecular weight is 257 g/mol. The zero-order chi connectivity index (χ0) is 13.5. The van der Waals surface area contributed by atoms with Crippen LogP contribution < -0.4 is 4.57 Å². The molecule has 0 saturated heterocycles. The minimum atomic E-state index is 1.13. The molecule has 0 unspecified atom stereocenters. The van der Waals surface area contributed by atoms with E-state index in [1.165, 1.54) is 43.4 Å². The highest BCUT2D eigenvalue weighted by Gasteiger charge is 2.05. The molecule has 0 aliphatic rings. The van der Waals surface area contributed by atoms with Crippen LogP contribution in [0.1, 0.15) is 44.6 Å². The van der Waals surface area contributed by atoms with Crippen molar-refractivity contribution in [3.05, 3.63) is 48.5 Å². The molecule has 19 heavy (non-hydrogen) atoms. The predicted molar refractivity (Wildman–Crippen MR) is 79.5 cm³/mol. The summed E-state index contributed by atoms with van der Waals surface area (Å²) < 4.78 is 4.47. The van der Waals surface area contributed by atoms with Crippen molar-refractivity contribution in [3.63, 3.8) is 0 Å². The molecule has 0 spiro atoms. The van der Waals surface area contributed by atoms with E-state index in [1.54, 1.807) is 0 Å². The van der Waals surface area contributed by atoms with Crippen LogP contribution in [-0.2, 0) is 6.54 Å². The van der Waals surface area contributed by atoms with Crippen LogP contribution in [0.15, 0.2) is 43.0 Å². The van der Waals surface area contributed by atoms with Crippen LogP contribution in [0.4, 0.5) is 0 Å². The molecule has 0 bridgehead atoms. The summed E-state index contributed by atoms with van der Waals surface area (Å²) in [5.74, 6) is 0. The van der Waals surface area contributed by atoms with Gasteiger partial charge in [0.05, 0.1) is 6.54 Å². The Morgan fingerprint density at radius 3 is 2.47 bits per heavy atom. The van der Waals surface area contributed by atoms with E-state index in [2.05, 4.69) is 66.0 Å². The lowest BCUT2D eigenvalue weighted by Gasteiger charge is -1.98. The first-order valence-electron chi connectivity index (χ1n) is 7.43. The Bertz CT molecular complexity index is 482. The van der Waals surface area contributed by atoms with Gasteiger partial charge < -0.3 is 0 Å². The number of benzene rings is 1. The van der Waals surface area contributed by atoms with Crippen molar-refractivity contribution in [1.82, 2.24) is 4.57 Å². The number of aryl methyl sites for hydroxylation is 2. The maximum absolute atomic E-state index is 2.28. The number of unbranched alkanes of at least 4 members (excludes halogenated alkanes) is 4. The Hall–Kier alpha value is -1.57. The predicted octanol–water partition coefficient (Wildman–Crippen LogP) is 4.04. The van der Waals surface area contributed by atoms with Gasteiger partial charge in [0.2, 0.25) is 6.33 Å². The third kappa shape index (κ3) is 4.23. The lowest BCUT2D eigenvalue weighted by Crippen LogP contribution is -2.30. The van der Waals surface area contributed by atoms with E-state index in [9.17, 15) is 0 Å². The summed E-state index contributed by atoms with van der Waals surface area (Å²) in [7, 11) is 0. The fourth-order valence-corrected chi connectivity index (χ4v) is 2.29. The highest BCUT2D eigenvalue weighted by Crippen LogP contribution is 2.08. The second-order valence-electron chi connectivity index (χ2n) is 5.31. The molecule has 0 saturated carbocycles. The molecule has 0 aliphatic heterocycles. The topological polar surface area (TPSA) is 8.81 Å². The average Bonchev–Trinajstić information content (AvgIpc) is 2.88. The van der Waals surface area contributed by atoms with E-state index in [0.717, 1.165) is 6.54 Å². The highest BCUT2D eigenvalue weighted by atomic mass is 15.1. The zero-order valence-corrected chi connectivity index (χ0v) is 12.2. The van der Waals surface area contributed by atoms with Crippen molar-refractivity contribution < 1.29 is 4.57 Å². The van der Waals surface area contributed by atoms with Gasteiger partial charge in [-0.1, -0.05) is 43.9 Å². The van der Waals surface area contributed by atoms with Gasteiger partial charge in [0.15, 0.2) is 0 Å². The minimum Gasteiger partial charge on any atom is -0.236 e. The SMILES string of the molecule is CCCCCCC[n+]1ccn(-c2ccc(C)cc2)c1. The highest BCUT2D eigenvalue weighted by molar-refractivity contribution is 5.33.